The molecule has 0 bridgehead atoms. The van der Waals surface area contributed by atoms with E-state index in [0.717, 1.165) is 11.2 Å². The van der Waals surface area contributed by atoms with Crippen LogP contribution in [0.5, 0.6) is 0 Å². The first-order valence-corrected chi connectivity index (χ1v) is 7.43. The van der Waals surface area contributed by atoms with Crippen LogP contribution in [0.15, 0.2) is 29.2 Å². The van der Waals surface area contributed by atoms with Crippen molar-refractivity contribution in [1.82, 2.24) is 0 Å². The first-order valence-electron chi connectivity index (χ1n) is 6.45. The molecule has 1 aromatic rings. The Hall–Kier alpha value is -0.445. The Kier molecular flexibility index (Phi) is 3.81. The van der Waals surface area contributed by atoms with Crippen LogP contribution in [-0.2, 0) is 9.31 Å². The summed E-state index contributed by atoms with van der Waals surface area (Å²) < 4.78 is 12.2. The standard InChI is InChI=1S/C14H21BO2S/c1-6-18-12-10-8-7-9-11(12)15-16-13(2,3)14(4,5)17-15/h7-10H,6H2,1-5H3. The van der Waals surface area contributed by atoms with Gasteiger partial charge in [0.2, 0.25) is 0 Å². The predicted octanol–water partition coefficient (Wildman–Crippen LogP) is 3.10. The molecule has 1 aliphatic heterocycles. The van der Waals surface area contributed by atoms with E-state index in [1.54, 1.807) is 0 Å². The second-order valence-electron chi connectivity index (χ2n) is 5.56. The highest BCUT2D eigenvalue weighted by Gasteiger charge is 2.52. The van der Waals surface area contributed by atoms with Gasteiger partial charge in [-0.25, -0.2) is 0 Å². The van der Waals surface area contributed by atoms with Crippen LogP contribution in [0, 0.1) is 0 Å². The van der Waals surface area contributed by atoms with Gasteiger partial charge in [0.15, 0.2) is 0 Å². The second-order valence-corrected chi connectivity index (χ2v) is 6.86. The van der Waals surface area contributed by atoms with Crippen LogP contribution in [0.1, 0.15) is 34.6 Å². The molecule has 0 aromatic heterocycles. The highest BCUT2D eigenvalue weighted by atomic mass is 32.2. The summed E-state index contributed by atoms with van der Waals surface area (Å²) in [4.78, 5) is 1.25. The van der Waals surface area contributed by atoms with Crippen molar-refractivity contribution in [2.45, 2.75) is 50.7 Å². The lowest BCUT2D eigenvalue weighted by atomic mass is 9.79. The van der Waals surface area contributed by atoms with Crippen LogP contribution >= 0.6 is 11.8 Å². The Morgan fingerprint density at radius 2 is 1.61 bits per heavy atom. The number of benzene rings is 1. The molecule has 0 N–H and O–H groups in total. The summed E-state index contributed by atoms with van der Waals surface area (Å²) in [5, 5.41) is 0. The van der Waals surface area contributed by atoms with Crippen molar-refractivity contribution < 1.29 is 9.31 Å². The summed E-state index contributed by atoms with van der Waals surface area (Å²) in [6, 6.07) is 8.33. The lowest BCUT2D eigenvalue weighted by Gasteiger charge is -2.32. The number of thioether (sulfide) groups is 1. The Morgan fingerprint density at radius 3 is 2.17 bits per heavy atom. The summed E-state index contributed by atoms with van der Waals surface area (Å²) in [5.74, 6) is 1.05. The van der Waals surface area contributed by atoms with Crippen molar-refractivity contribution in [1.29, 1.82) is 0 Å². The Bertz CT molecular complexity index is 416. The van der Waals surface area contributed by atoms with Crippen LogP contribution in [-0.4, -0.2) is 24.1 Å². The molecule has 1 saturated heterocycles. The molecule has 1 aliphatic rings. The number of rotatable bonds is 3. The topological polar surface area (TPSA) is 18.5 Å². The van der Waals surface area contributed by atoms with Crippen molar-refractivity contribution >= 4 is 24.3 Å². The minimum Gasteiger partial charge on any atom is -0.399 e. The molecule has 1 aromatic carbocycles. The van der Waals surface area contributed by atoms with Gasteiger partial charge < -0.3 is 9.31 Å². The van der Waals surface area contributed by atoms with Gasteiger partial charge in [0, 0.05) is 4.90 Å². The molecule has 2 nitrogen and oxygen atoms in total. The Morgan fingerprint density at radius 1 is 1.06 bits per heavy atom. The van der Waals surface area contributed by atoms with Crippen LogP contribution in [0.4, 0.5) is 0 Å². The minimum atomic E-state index is -0.276. The summed E-state index contributed by atoms with van der Waals surface area (Å²) in [7, 11) is -0.259. The van der Waals surface area contributed by atoms with Gasteiger partial charge in [-0.2, -0.15) is 0 Å². The van der Waals surface area contributed by atoms with Gasteiger partial charge in [-0.05, 0) is 45.0 Å². The molecule has 1 heterocycles. The lowest BCUT2D eigenvalue weighted by Crippen LogP contribution is -2.41. The molecule has 0 unspecified atom stereocenters. The third kappa shape index (κ3) is 2.47. The normalized spacial score (nSPS) is 21.3. The predicted molar refractivity (Wildman–Crippen MR) is 78.6 cm³/mol. The van der Waals surface area contributed by atoms with Crippen molar-refractivity contribution in [2.24, 2.45) is 0 Å². The summed E-state index contributed by atoms with van der Waals surface area (Å²) >= 11 is 1.83. The first kappa shape index (κ1) is 14.0. The SMILES string of the molecule is CCSc1ccccc1B1OC(C)(C)C(C)(C)O1. The molecule has 0 atom stereocenters. The van der Waals surface area contributed by atoms with E-state index in [-0.39, 0.29) is 18.3 Å². The van der Waals surface area contributed by atoms with E-state index in [2.05, 4.69) is 52.8 Å². The third-order valence-electron chi connectivity index (χ3n) is 3.73. The molecular formula is C14H21BO2S. The van der Waals surface area contributed by atoms with Gasteiger partial charge in [0.25, 0.3) is 0 Å². The summed E-state index contributed by atoms with van der Waals surface area (Å²) in [5.41, 5.74) is 0.589. The van der Waals surface area contributed by atoms with Crippen molar-refractivity contribution in [2.75, 3.05) is 5.75 Å². The van der Waals surface area contributed by atoms with Crippen molar-refractivity contribution in [3.8, 4) is 0 Å². The maximum Gasteiger partial charge on any atom is 0.495 e. The van der Waals surface area contributed by atoms with E-state index in [1.807, 2.05) is 17.8 Å². The fourth-order valence-corrected chi connectivity index (χ4v) is 2.75. The maximum absolute atomic E-state index is 6.10. The molecule has 0 radical (unpaired) electrons. The monoisotopic (exact) mass is 264 g/mol. The second kappa shape index (κ2) is 4.91. The van der Waals surface area contributed by atoms with Gasteiger partial charge >= 0.3 is 7.12 Å². The molecule has 4 heteroatoms. The molecule has 2 rings (SSSR count). The maximum atomic E-state index is 6.10. The summed E-state index contributed by atoms with van der Waals surface area (Å²) in [6.07, 6.45) is 0. The average molecular weight is 264 g/mol. The van der Waals surface area contributed by atoms with Gasteiger partial charge in [-0.3, -0.25) is 0 Å². The van der Waals surface area contributed by atoms with Crippen LogP contribution in [0.25, 0.3) is 0 Å². The van der Waals surface area contributed by atoms with Gasteiger partial charge in [-0.15, -0.1) is 11.8 Å². The molecule has 0 amide bonds. The summed E-state index contributed by atoms with van der Waals surface area (Å²) in [6.45, 7) is 10.5. The van der Waals surface area contributed by atoms with Gasteiger partial charge in [-0.1, -0.05) is 25.1 Å². The average Bonchev–Trinajstić information content (AvgIpc) is 2.49. The van der Waals surface area contributed by atoms with Gasteiger partial charge in [0.05, 0.1) is 11.2 Å². The van der Waals surface area contributed by atoms with E-state index in [9.17, 15) is 0 Å². The smallest absolute Gasteiger partial charge is 0.399 e. The lowest BCUT2D eigenvalue weighted by molar-refractivity contribution is 0.00578. The zero-order valence-corrected chi connectivity index (χ0v) is 12.6. The number of hydrogen-bond donors (Lipinski definition) is 0. The quantitative estimate of drug-likeness (QED) is 0.617. The Balaban J connectivity index is 2.29. The zero-order valence-electron chi connectivity index (χ0n) is 11.8. The van der Waals surface area contributed by atoms with Crippen LogP contribution in [0.2, 0.25) is 0 Å². The number of hydrogen-bond acceptors (Lipinski definition) is 3. The molecule has 98 valence electrons. The van der Waals surface area contributed by atoms with Crippen molar-refractivity contribution in [3.63, 3.8) is 0 Å². The fraction of sp³-hybridized carbons (Fsp3) is 0.571. The first-order chi connectivity index (χ1) is 8.37. The van der Waals surface area contributed by atoms with Crippen molar-refractivity contribution in [3.05, 3.63) is 24.3 Å². The largest absolute Gasteiger partial charge is 0.495 e. The van der Waals surface area contributed by atoms with Crippen LogP contribution in [0.3, 0.4) is 0 Å². The molecule has 1 fully saturated rings. The van der Waals surface area contributed by atoms with E-state index in [1.165, 1.54) is 4.90 Å². The molecule has 0 saturated carbocycles. The zero-order chi connectivity index (χ0) is 13.4. The minimum absolute atomic E-state index is 0.259. The highest BCUT2D eigenvalue weighted by molar-refractivity contribution is 7.99. The molecule has 18 heavy (non-hydrogen) atoms. The Labute approximate surface area is 115 Å². The van der Waals surface area contributed by atoms with E-state index in [4.69, 9.17) is 9.31 Å². The van der Waals surface area contributed by atoms with E-state index >= 15 is 0 Å². The highest BCUT2D eigenvalue weighted by Crippen LogP contribution is 2.37. The fourth-order valence-electron chi connectivity index (χ4n) is 1.93. The molecular weight excluding hydrogens is 243 g/mol. The van der Waals surface area contributed by atoms with Crippen LogP contribution < -0.4 is 5.46 Å². The van der Waals surface area contributed by atoms with Gasteiger partial charge in [0.1, 0.15) is 0 Å². The van der Waals surface area contributed by atoms with E-state index < -0.39 is 0 Å². The third-order valence-corrected chi connectivity index (χ3v) is 4.70. The van der Waals surface area contributed by atoms with E-state index in [0.29, 0.717) is 0 Å². The molecule has 0 aliphatic carbocycles. The molecule has 0 spiro atoms.